The topological polar surface area (TPSA) is 181 Å². The fourth-order valence-electron chi connectivity index (χ4n) is 6.71. The second-order valence-electron chi connectivity index (χ2n) is 13.4. The lowest BCUT2D eigenvalue weighted by atomic mass is 9.79. The van der Waals surface area contributed by atoms with Gasteiger partial charge in [-0.15, -0.1) is 0 Å². The molecule has 3 heterocycles. The van der Waals surface area contributed by atoms with E-state index in [1.54, 1.807) is 19.1 Å². The van der Waals surface area contributed by atoms with E-state index in [4.69, 9.17) is 18.9 Å². The number of hydrogen-bond donors (Lipinski definition) is 5. The average molecular weight is 682 g/mol. The van der Waals surface area contributed by atoms with E-state index < -0.39 is 70.8 Å². The quantitative estimate of drug-likeness (QED) is 0.147. The molecule has 5 bridgehead atoms. The van der Waals surface area contributed by atoms with E-state index in [9.17, 15) is 34.8 Å². The summed E-state index contributed by atoms with van der Waals surface area (Å²) < 4.78 is 23.3. The van der Waals surface area contributed by atoms with E-state index in [-0.39, 0.29) is 50.7 Å². The first-order valence-corrected chi connectivity index (χ1v) is 16.3. The SMILES string of the molecule is CO[C@H]1/C=C/O[C@@]2(C)Oc3c(C)c(O)c4c(O)c(cc(O)c4c3C2=O)NC(=O)/C(C)=C\C=C\[C@H](C)C[C@@H](C)[C@@H](O)[C@@H](C)[C@H](OC(C)=O)[C@@H]1C. The van der Waals surface area contributed by atoms with Crippen molar-refractivity contribution in [1.82, 2.24) is 0 Å². The number of hydrogen-bond acceptors (Lipinski definition) is 11. The van der Waals surface area contributed by atoms with Crippen LogP contribution < -0.4 is 10.1 Å². The van der Waals surface area contributed by atoms with Crippen LogP contribution in [0.4, 0.5) is 5.69 Å². The first-order chi connectivity index (χ1) is 22.9. The van der Waals surface area contributed by atoms with E-state index in [2.05, 4.69) is 5.32 Å². The van der Waals surface area contributed by atoms with Gasteiger partial charge in [-0.3, -0.25) is 14.4 Å². The highest BCUT2D eigenvalue weighted by Crippen LogP contribution is 2.53. The van der Waals surface area contributed by atoms with Crippen LogP contribution in [0.3, 0.4) is 0 Å². The van der Waals surface area contributed by atoms with Crippen molar-refractivity contribution in [3.8, 4) is 23.0 Å². The van der Waals surface area contributed by atoms with Crippen LogP contribution in [0.2, 0.25) is 0 Å². The van der Waals surface area contributed by atoms with Crippen molar-refractivity contribution in [3.63, 3.8) is 0 Å². The van der Waals surface area contributed by atoms with E-state index in [0.29, 0.717) is 6.42 Å². The molecule has 5 rings (SSSR count). The van der Waals surface area contributed by atoms with Gasteiger partial charge in [0, 0.05) is 55.4 Å². The minimum atomic E-state index is -1.95. The van der Waals surface area contributed by atoms with Gasteiger partial charge in [0.05, 0.1) is 35.1 Å². The Morgan fingerprint density at radius 2 is 1.69 bits per heavy atom. The smallest absolute Gasteiger partial charge is 0.312 e. The highest BCUT2D eigenvalue weighted by molar-refractivity contribution is 6.21. The highest BCUT2D eigenvalue weighted by Gasteiger charge is 2.49. The number of Topliss-reactive ketones (excluding diaryl/α,β-unsaturated/α-hetero) is 1. The molecule has 1 amide bonds. The summed E-state index contributed by atoms with van der Waals surface area (Å²) >= 11 is 0. The van der Waals surface area contributed by atoms with Crippen molar-refractivity contribution in [2.45, 2.75) is 85.9 Å². The zero-order valence-electron chi connectivity index (χ0n) is 29.4. The number of aromatic hydroxyl groups is 3. The van der Waals surface area contributed by atoms with Crippen molar-refractivity contribution in [1.29, 1.82) is 0 Å². The number of fused-ring (bicyclic) bond motifs is 14. The number of ketones is 1. The average Bonchev–Trinajstić information content (AvgIpc) is 3.30. The third kappa shape index (κ3) is 7.25. The first-order valence-electron chi connectivity index (χ1n) is 16.3. The maximum atomic E-state index is 13.9. The van der Waals surface area contributed by atoms with E-state index in [0.717, 1.165) is 6.07 Å². The zero-order valence-corrected chi connectivity index (χ0v) is 29.4. The molecule has 266 valence electrons. The zero-order chi connectivity index (χ0) is 36.5. The normalized spacial score (nSPS) is 32.1. The minimum Gasteiger partial charge on any atom is -0.507 e. The summed E-state index contributed by atoms with van der Waals surface area (Å²) in [5.74, 6) is -6.47. The Labute approximate surface area is 286 Å². The lowest BCUT2D eigenvalue weighted by Gasteiger charge is -2.36. The number of aliphatic hydroxyl groups is 1. The summed E-state index contributed by atoms with van der Waals surface area (Å²) in [7, 11) is 1.47. The van der Waals surface area contributed by atoms with Crippen LogP contribution in [0.5, 0.6) is 23.0 Å². The summed E-state index contributed by atoms with van der Waals surface area (Å²) in [4.78, 5) is 39.2. The maximum Gasteiger partial charge on any atom is 0.312 e. The molecule has 12 heteroatoms. The van der Waals surface area contributed by atoms with Gasteiger partial charge in [0.1, 0.15) is 23.4 Å². The molecule has 12 nitrogen and oxygen atoms in total. The summed E-state index contributed by atoms with van der Waals surface area (Å²) in [6.45, 7) is 13.2. The fourth-order valence-corrected chi connectivity index (χ4v) is 6.71. The number of esters is 1. The number of phenols is 3. The molecule has 0 fully saturated rings. The van der Waals surface area contributed by atoms with Crippen molar-refractivity contribution < 1.29 is 53.8 Å². The molecule has 49 heavy (non-hydrogen) atoms. The number of carbonyl (C=O) groups is 3. The predicted octanol–water partition coefficient (Wildman–Crippen LogP) is 5.78. The molecule has 0 aromatic heterocycles. The predicted molar refractivity (Wildman–Crippen MR) is 182 cm³/mol. The van der Waals surface area contributed by atoms with Crippen LogP contribution in [0.15, 0.2) is 42.2 Å². The second kappa shape index (κ2) is 14.5. The number of benzene rings is 2. The van der Waals surface area contributed by atoms with E-state index >= 15 is 0 Å². The Morgan fingerprint density at radius 1 is 1.02 bits per heavy atom. The number of carbonyl (C=O) groups excluding carboxylic acids is 3. The third-order valence-electron chi connectivity index (χ3n) is 9.57. The number of rotatable bonds is 2. The molecular weight excluding hydrogens is 634 g/mol. The molecule has 0 saturated heterocycles. The number of amides is 1. The fraction of sp³-hybridized carbons (Fsp3) is 0.486. The lowest BCUT2D eigenvalue weighted by Crippen LogP contribution is -2.44. The summed E-state index contributed by atoms with van der Waals surface area (Å²) in [5.41, 5.74) is 0.0744. The van der Waals surface area contributed by atoms with Crippen LogP contribution in [0.25, 0.3) is 10.8 Å². The van der Waals surface area contributed by atoms with Crippen LogP contribution >= 0.6 is 0 Å². The van der Waals surface area contributed by atoms with Gasteiger partial charge in [0.2, 0.25) is 0 Å². The molecule has 0 spiro atoms. The number of ether oxygens (including phenoxy) is 4. The standard InChI is InChI=1S/C37H47NO11/c1-17-11-10-12-18(2)36(45)38-24-16-25(40)27-28(32(24)43)31(42)22(6)34-29(27)35(44)37(8,49-34)47-14-13-26(46-9)20(4)33(48-23(7)39)21(5)30(41)19(3)15-17/h10-14,16-17,19-21,26,30,33,40-43H,15H2,1-9H3,(H,38,45)/b11-10+,14-13+,18-12-/t17-,19+,20+,21+,26-,30+,33+,37-/m0/s1. The molecule has 0 aliphatic carbocycles. The number of phenolic OH excluding ortho intramolecular Hbond substituents is 3. The number of aliphatic hydroxyl groups excluding tert-OH is 1. The molecule has 3 aliphatic heterocycles. The van der Waals surface area contributed by atoms with Gasteiger partial charge in [-0.25, -0.2) is 0 Å². The van der Waals surface area contributed by atoms with Crippen LogP contribution in [-0.4, -0.2) is 69.3 Å². The highest BCUT2D eigenvalue weighted by atomic mass is 16.7. The Hall–Kier alpha value is -4.55. The minimum absolute atomic E-state index is 0.00593. The summed E-state index contributed by atoms with van der Waals surface area (Å²) in [6, 6.07) is 1.09. The third-order valence-corrected chi connectivity index (χ3v) is 9.57. The van der Waals surface area contributed by atoms with Gasteiger partial charge in [-0.05, 0) is 38.2 Å². The molecular formula is C37H47NO11. The summed E-state index contributed by atoms with van der Waals surface area (Å²) in [5, 5.41) is 47.1. The molecule has 5 N–H and O–H groups in total. The Kier molecular flexibility index (Phi) is 11.0. The Morgan fingerprint density at radius 3 is 2.33 bits per heavy atom. The lowest BCUT2D eigenvalue weighted by molar-refractivity contribution is -0.159. The van der Waals surface area contributed by atoms with Crippen molar-refractivity contribution in [2.75, 3.05) is 12.4 Å². The second-order valence-corrected chi connectivity index (χ2v) is 13.4. The van der Waals surface area contributed by atoms with Gasteiger partial charge < -0.3 is 44.7 Å². The van der Waals surface area contributed by atoms with Gasteiger partial charge in [0.15, 0.2) is 5.75 Å². The van der Waals surface area contributed by atoms with E-state index in [1.165, 1.54) is 40.2 Å². The molecule has 3 aliphatic rings. The largest absolute Gasteiger partial charge is 0.507 e. The van der Waals surface area contributed by atoms with Gasteiger partial charge >= 0.3 is 11.8 Å². The number of methoxy groups -OCH3 is 1. The molecule has 2 aromatic carbocycles. The number of allylic oxidation sites excluding steroid dienone is 3. The Balaban J connectivity index is 1.85. The number of nitrogens with one attached hydrogen (secondary N) is 1. The van der Waals surface area contributed by atoms with Gasteiger partial charge in [-0.1, -0.05) is 45.9 Å². The molecule has 0 radical (unpaired) electrons. The van der Waals surface area contributed by atoms with Crippen LogP contribution in [0.1, 0.15) is 70.8 Å². The van der Waals surface area contributed by atoms with Gasteiger partial charge in [-0.2, -0.15) is 0 Å². The van der Waals surface area contributed by atoms with Gasteiger partial charge in [0.25, 0.3) is 11.7 Å². The van der Waals surface area contributed by atoms with E-state index in [1.807, 2.05) is 33.8 Å². The molecule has 2 aromatic rings. The first kappa shape index (κ1) is 37.3. The summed E-state index contributed by atoms with van der Waals surface area (Å²) in [6.07, 6.45) is 6.27. The van der Waals surface area contributed by atoms with Crippen molar-refractivity contribution >= 4 is 34.1 Å². The monoisotopic (exact) mass is 681 g/mol. The Bertz CT molecular complexity index is 1730. The molecule has 8 atom stereocenters. The molecule has 0 unspecified atom stereocenters. The number of anilines is 1. The maximum absolute atomic E-state index is 13.9. The van der Waals surface area contributed by atoms with Crippen LogP contribution in [0, 0.1) is 30.6 Å². The van der Waals surface area contributed by atoms with Crippen molar-refractivity contribution in [2.24, 2.45) is 23.7 Å². The van der Waals surface area contributed by atoms with Crippen LogP contribution in [-0.2, 0) is 23.8 Å². The molecule has 0 saturated carbocycles. The van der Waals surface area contributed by atoms with Crippen molar-refractivity contribution in [3.05, 3.63) is 53.3 Å².